The Balaban J connectivity index is 1.96. The van der Waals surface area contributed by atoms with Crippen LogP contribution >= 0.6 is 0 Å². The van der Waals surface area contributed by atoms with Crippen LogP contribution in [0.2, 0.25) is 0 Å². The number of rotatable bonds is 13. The van der Waals surface area contributed by atoms with E-state index in [0.29, 0.717) is 34.2 Å². The molecule has 1 aromatic carbocycles. The number of hydrazine groups is 1. The number of benzene rings is 1. The average molecular weight is 521 g/mol. The third-order valence-corrected chi connectivity index (χ3v) is 5.68. The van der Waals surface area contributed by atoms with E-state index in [-0.39, 0.29) is 23.1 Å². The monoisotopic (exact) mass is 520 g/mol. The van der Waals surface area contributed by atoms with Crippen LogP contribution in [0.25, 0.3) is 5.57 Å². The number of nitrogens with two attached hydrogens (primary N) is 2. The standard InChI is InChI=1S/C27H32N6O5/c1-16(18-6-7-18)8-9-33(29)25(28)24(19-10-23(27(34)35)26(38-5)31-14-19)15-30-17(2)32-20-11-21(36-3)13-22(12-20)37-4/h8-15,18,32H,1-2,6-7,28-29H2,3-5H3,(H,34,35)/b9-8-,25-24-,30-15-. The molecule has 0 aliphatic heterocycles. The number of carbonyl (C=O) groups is 1. The first-order valence-electron chi connectivity index (χ1n) is 11.6. The van der Waals surface area contributed by atoms with Crippen molar-refractivity contribution in [3.8, 4) is 17.4 Å². The van der Waals surface area contributed by atoms with Gasteiger partial charge in [0.25, 0.3) is 0 Å². The fourth-order valence-electron chi connectivity index (χ4n) is 3.41. The van der Waals surface area contributed by atoms with Gasteiger partial charge < -0.3 is 30.4 Å². The molecule has 0 amide bonds. The summed E-state index contributed by atoms with van der Waals surface area (Å²) in [5.41, 5.74) is 8.49. The number of nitrogens with zero attached hydrogens (tertiary/aromatic N) is 3. The Kier molecular flexibility index (Phi) is 9.12. The maximum atomic E-state index is 11.8. The number of hydrogen-bond donors (Lipinski definition) is 4. The lowest BCUT2D eigenvalue weighted by atomic mass is 10.1. The van der Waals surface area contributed by atoms with Gasteiger partial charge >= 0.3 is 5.97 Å². The quantitative estimate of drug-likeness (QED) is 0.133. The second-order valence-corrected chi connectivity index (χ2v) is 8.39. The second-order valence-electron chi connectivity index (χ2n) is 8.39. The maximum absolute atomic E-state index is 11.8. The van der Waals surface area contributed by atoms with Gasteiger partial charge in [0.15, 0.2) is 0 Å². The predicted octanol–water partition coefficient (Wildman–Crippen LogP) is 3.74. The normalized spacial score (nSPS) is 13.7. The highest BCUT2D eigenvalue weighted by Gasteiger charge is 2.23. The van der Waals surface area contributed by atoms with Gasteiger partial charge in [-0.3, -0.25) is 5.01 Å². The molecule has 0 atom stereocenters. The van der Waals surface area contributed by atoms with Crippen LogP contribution in [-0.4, -0.2) is 48.6 Å². The maximum Gasteiger partial charge on any atom is 0.341 e. The van der Waals surface area contributed by atoms with Crippen molar-refractivity contribution in [1.82, 2.24) is 9.99 Å². The molecule has 1 aliphatic carbocycles. The van der Waals surface area contributed by atoms with Crippen LogP contribution < -0.4 is 31.1 Å². The number of anilines is 1. The molecule has 1 saturated carbocycles. The minimum Gasteiger partial charge on any atom is -0.497 e. The number of allylic oxidation sites excluding steroid dienone is 3. The molecule has 0 unspecified atom stereocenters. The van der Waals surface area contributed by atoms with E-state index in [1.165, 1.54) is 30.6 Å². The van der Waals surface area contributed by atoms with E-state index in [2.05, 4.69) is 28.5 Å². The number of carboxylic acid groups (broad SMARTS) is 1. The number of aliphatic imine (C=N–C) groups is 1. The third-order valence-electron chi connectivity index (χ3n) is 5.68. The summed E-state index contributed by atoms with van der Waals surface area (Å²) in [7, 11) is 4.43. The van der Waals surface area contributed by atoms with Crippen molar-refractivity contribution in [3.05, 3.63) is 84.2 Å². The predicted molar refractivity (Wildman–Crippen MR) is 147 cm³/mol. The van der Waals surface area contributed by atoms with Crippen molar-refractivity contribution in [2.75, 3.05) is 26.6 Å². The molecule has 1 fully saturated rings. The van der Waals surface area contributed by atoms with Crippen molar-refractivity contribution in [2.24, 2.45) is 22.5 Å². The lowest BCUT2D eigenvalue weighted by Gasteiger charge is -2.18. The number of carboxylic acids is 1. The zero-order chi connectivity index (χ0) is 27.8. The van der Waals surface area contributed by atoms with Gasteiger partial charge in [-0.15, -0.1) is 0 Å². The molecule has 0 spiro atoms. The van der Waals surface area contributed by atoms with Crippen LogP contribution in [0.4, 0.5) is 5.69 Å². The van der Waals surface area contributed by atoms with Crippen molar-refractivity contribution in [2.45, 2.75) is 12.8 Å². The molecule has 0 bridgehead atoms. The lowest BCUT2D eigenvalue weighted by molar-refractivity contribution is 0.0692. The Hall–Kier alpha value is -4.77. The van der Waals surface area contributed by atoms with Crippen LogP contribution in [0.5, 0.6) is 17.4 Å². The molecule has 0 saturated heterocycles. The summed E-state index contributed by atoms with van der Waals surface area (Å²) >= 11 is 0. The van der Waals surface area contributed by atoms with E-state index >= 15 is 0 Å². The number of nitrogens with one attached hydrogen (secondary N) is 1. The highest BCUT2D eigenvalue weighted by atomic mass is 16.5. The van der Waals surface area contributed by atoms with E-state index in [1.807, 2.05) is 0 Å². The number of ether oxygens (including phenoxy) is 3. The largest absolute Gasteiger partial charge is 0.497 e. The van der Waals surface area contributed by atoms with Crippen molar-refractivity contribution in [1.29, 1.82) is 0 Å². The summed E-state index contributed by atoms with van der Waals surface area (Å²) < 4.78 is 15.7. The third kappa shape index (κ3) is 7.14. The zero-order valence-electron chi connectivity index (χ0n) is 21.6. The first kappa shape index (κ1) is 27.8. The van der Waals surface area contributed by atoms with Crippen LogP contribution in [0.15, 0.2) is 78.1 Å². The van der Waals surface area contributed by atoms with Crippen LogP contribution in [0.3, 0.4) is 0 Å². The molecular formula is C27H32N6O5. The number of hydrogen-bond acceptors (Lipinski definition) is 10. The Morgan fingerprint density at radius 2 is 1.82 bits per heavy atom. The van der Waals surface area contributed by atoms with Crippen LogP contribution in [-0.2, 0) is 0 Å². The summed E-state index contributed by atoms with van der Waals surface area (Å²) in [4.78, 5) is 20.3. The van der Waals surface area contributed by atoms with Crippen molar-refractivity contribution < 1.29 is 24.1 Å². The lowest BCUT2D eigenvalue weighted by Crippen LogP contribution is -2.30. The number of pyridine rings is 1. The number of methoxy groups -OCH3 is 3. The number of aromatic nitrogens is 1. The van der Waals surface area contributed by atoms with Crippen LogP contribution in [0.1, 0.15) is 28.8 Å². The van der Waals surface area contributed by atoms with E-state index < -0.39 is 5.97 Å². The van der Waals surface area contributed by atoms with Gasteiger partial charge in [0, 0.05) is 53.6 Å². The molecule has 38 heavy (non-hydrogen) atoms. The van der Waals surface area contributed by atoms with E-state index in [0.717, 1.165) is 18.4 Å². The minimum absolute atomic E-state index is 0.0422. The Bertz CT molecular complexity index is 1290. The molecule has 0 radical (unpaired) electrons. The van der Waals surface area contributed by atoms with Gasteiger partial charge in [0.05, 0.1) is 21.3 Å². The van der Waals surface area contributed by atoms with Gasteiger partial charge in [-0.2, -0.15) is 0 Å². The number of aromatic carboxylic acids is 1. The van der Waals surface area contributed by atoms with E-state index in [4.69, 9.17) is 25.8 Å². The molecule has 11 heteroatoms. The van der Waals surface area contributed by atoms with Gasteiger partial charge in [0.2, 0.25) is 5.88 Å². The summed E-state index contributed by atoms with van der Waals surface area (Å²) in [6.07, 6.45) is 8.42. The van der Waals surface area contributed by atoms with Crippen molar-refractivity contribution >= 4 is 23.4 Å². The molecule has 3 rings (SSSR count). The van der Waals surface area contributed by atoms with Crippen LogP contribution in [0, 0.1) is 5.92 Å². The van der Waals surface area contributed by atoms with E-state index in [9.17, 15) is 9.90 Å². The van der Waals surface area contributed by atoms with E-state index in [1.54, 1.807) is 44.7 Å². The summed E-state index contributed by atoms with van der Waals surface area (Å²) in [6, 6.07) is 6.61. The average Bonchev–Trinajstić information content (AvgIpc) is 3.76. The summed E-state index contributed by atoms with van der Waals surface area (Å²) in [5, 5.41) is 13.9. The molecule has 6 N–H and O–H groups in total. The Labute approximate surface area is 221 Å². The zero-order valence-corrected chi connectivity index (χ0v) is 21.6. The fraction of sp³-hybridized carbons (Fsp3) is 0.222. The SMILES string of the molecule is C=C(/N=C\C(=C(/N)N(N)/C=C\C(=C)C1CC1)c1cnc(OC)c(C(=O)O)c1)Nc1cc(OC)cc(OC)c1. The smallest absolute Gasteiger partial charge is 0.341 e. The molecule has 1 aliphatic rings. The molecule has 1 heterocycles. The molecule has 2 aromatic rings. The first-order valence-corrected chi connectivity index (χ1v) is 11.6. The summed E-state index contributed by atoms with van der Waals surface area (Å²) in [5.74, 6) is 6.92. The molecule has 200 valence electrons. The van der Waals surface area contributed by atoms with Gasteiger partial charge in [-0.1, -0.05) is 18.7 Å². The minimum atomic E-state index is -1.21. The summed E-state index contributed by atoms with van der Waals surface area (Å²) in [6.45, 7) is 7.98. The fourth-order valence-corrected chi connectivity index (χ4v) is 3.41. The van der Waals surface area contributed by atoms with Gasteiger partial charge in [-0.25, -0.2) is 20.6 Å². The highest BCUT2D eigenvalue weighted by Crippen LogP contribution is 2.36. The van der Waals surface area contributed by atoms with Gasteiger partial charge in [-0.05, 0) is 30.9 Å². The highest BCUT2D eigenvalue weighted by molar-refractivity contribution is 6.11. The Morgan fingerprint density at radius 1 is 1.16 bits per heavy atom. The molecule has 1 aromatic heterocycles. The Morgan fingerprint density at radius 3 is 2.37 bits per heavy atom. The first-order chi connectivity index (χ1) is 18.2. The second kappa shape index (κ2) is 12.5. The topological polar surface area (TPSA) is 158 Å². The van der Waals surface area contributed by atoms with Gasteiger partial charge in [0.1, 0.15) is 28.7 Å². The van der Waals surface area contributed by atoms with Crippen molar-refractivity contribution in [3.63, 3.8) is 0 Å². The molecular weight excluding hydrogens is 488 g/mol. The molecule has 11 nitrogen and oxygen atoms in total.